The summed E-state index contributed by atoms with van der Waals surface area (Å²) in [5.41, 5.74) is -1.27. The van der Waals surface area contributed by atoms with E-state index in [2.05, 4.69) is 0 Å². The number of carbonyl (C=O) groups is 2. The molecule has 1 N–H and O–H groups in total. The molecule has 1 unspecified atom stereocenters. The molecule has 1 atom stereocenters. The molecule has 4 aromatic rings. The molecule has 0 heterocycles. The highest BCUT2D eigenvalue weighted by atomic mass is 31.2. The van der Waals surface area contributed by atoms with Gasteiger partial charge >= 0.3 is 0 Å². The van der Waals surface area contributed by atoms with Crippen LogP contribution in [0.3, 0.4) is 0 Å². The summed E-state index contributed by atoms with van der Waals surface area (Å²) in [4.78, 5) is 27.6. The molecule has 4 aromatic carbocycles. The summed E-state index contributed by atoms with van der Waals surface area (Å²) in [5.74, 6) is -1.47. The predicted molar refractivity (Wildman–Crippen MR) is 127 cm³/mol. The van der Waals surface area contributed by atoms with Crippen molar-refractivity contribution in [2.24, 2.45) is 0 Å². The fourth-order valence-electron chi connectivity index (χ4n) is 3.79. The van der Waals surface area contributed by atoms with Gasteiger partial charge in [0, 0.05) is 16.2 Å². The Labute approximate surface area is 186 Å². The third-order valence-electron chi connectivity index (χ3n) is 5.37. The van der Waals surface area contributed by atoms with E-state index < -0.39 is 24.4 Å². The number of para-hydroxylation sites is 1. The molecule has 0 radical (unpaired) electrons. The van der Waals surface area contributed by atoms with Gasteiger partial charge in [0.05, 0.1) is 5.56 Å². The highest BCUT2D eigenvalue weighted by molar-refractivity contribution is 7.81. The van der Waals surface area contributed by atoms with Gasteiger partial charge in [0.1, 0.15) is 11.4 Å². The van der Waals surface area contributed by atoms with Crippen LogP contribution in [0.15, 0.2) is 115 Å². The first-order valence-corrected chi connectivity index (χ1v) is 11.9. The van der Waals surface area contributed by atoms with E-state index in [0.29, 0.717) is 10.6 Å². The zero-order chi connectivity index (χ0) is 22.6. The maximum atomic E-state index is 14.9. The summed E-state index contributed by atoms with van der Waals surface area (Å²) in [7, 11) is -3.81. The fourth-order valence-corrected chi connectivity index (χ4v) is 6.86. The van der Waals surface area contributed by atoms with Gasteiger partial charge < -0.3 is 9.67 Å². The maximum absolute atomic E-state index is 14.9. The lowest BCUT2D eigenvalue weighted by molar-refractivity contribution is 0.0898. The van der Waals surface area contributed by atoms with Gasteiger partial charge in [0.25, 0.3) is 0 Å². The minimum atomic E-state index is -3.81. The number of hydrogen-bond donors (Lipinski definition) is 1. The molecule has 0 saturated heterocycles. The molecule has 4 nitrogen and oxygen atoms in total. The molecular weight excluding hydrogens is 419 g/mol. The second-order valence-corrected chi connectivity index (χ2v) is 10.2. The largest absolute Gasteiger partial charge is 0.507 e. The van der Waals surface area contributed by atoms with E-state index in [4.69, 9.17) is 0 Å². The number of aromatic hydroxyl groups is 1. The summed E-state index contributed by atoms with van der Waals surface area (Å²) in [6, 6.07) is 31.6. The SMILES string of the molecule is O=C(c1ccccc1)C(C(=O)c1ccccc1O)P(=O)(c1ccccc1)c1ccccc1. The normalized spacial score (nSPS) is 12.1. The van der Waals surface area contributed by atoms with Gasteiger partial charge in [-0.2, -0.15) is 0 Å². The molecule has 0 amide bonds. The van der Waals surface area contributed by atoms with Crippen molar-refractivity contribution in [3.05, 3.63) is 126 Å². The third kappa shape index (κ3) is 3.93. The summed E-state index contributed by atoms with van der Waals surface area (Å²) in [5, 5.41) is 11.2. The zero-order valence-corrected chi connectivity index (χ0v) is 18.1. The van der Waals surface area contributed by atoms with E-state index in [1.54, 1.807) is 103 Å². The van der Waals surface area contributed by atoms with Gasteiger partial charge in [-0.3, -0.25) is 9.59 Å². The zero-order valence-electron chi connectivity index (χ0n) is 17.2. The number of phenolic OH excluding ortho intramolecular Hbond substituents is 1. The van der Waals surface area contributed by atoms with Gasteiger partial charge in [-0.1, -0.05) is 103 Å². The fraction of sp³-hybridized carbons (Fsp3) is 0.0370. The number of carbonyl (C=O) groups excluding carboxylic acids is 2. The maximum Gasteiger partial charge on any atom is 0.185 e. The molecule has 0 aromatic heterocycles. The first-order valence-electron chi connectivity index (χ1n) is 10.2. The highest BCUT2D eigenvalue weighted by Crippen LogP contribution is 2.51. The second kappa shape index (κ2) is 9.17. The Bertz CT molecular complexity index is 1240. The Balaban J connectivity index is 2.00. The average Bonchev–Trinajstić information content (AvgIpc) is 2.85. The minimum absolute atomic E-state index is 0.0335. The van der Waals surface area contributed by atoms with Gasteiger partial charge in [-0.05, 0) is 12.1 Å². The summed E-state index contributed by atoms with van der Waals surface area (Å²) < 4.78 is 14.9. The molecule has 158 valence electrons. The second-order valence-electron chi connectivity index (χ2n) is 7.34. The Kier molecular flexibility index (Phi) is 6.16. The molecular formula is C27H21O4P. The topological polar surface area (TPSA) is 71.4 Å². The molecule has 0 aliphatic carbocycles. The number of benzene rings is 4. The Morgan fingerprint density at radius 3 is 1.53 bits per heavy atom. The van der Waals surface area contributed by atoms with Crippen LogP contribution in [-0.2, 0) is 4.57 Å². The molecule has 0 aliphatic heterocycles. The van der Waals surface area contributed by atoms with E-state index in [1.165, 1.54) is 12.1 Å². The molecule has 4 rings (SSSR count). The first-order chi connectivity index (χ1) is 15.5. The summed E-state index contributed by atoms with van der Waals surface area (Å²) in [6.45, 7) is 0. The van der Waals surface area contributed by atoms with Crippen LogP contribution in [0.1, 0.15) is 20.7 Å². The van der Waals surface area contributed by atoms with Gasteiger partial charge in [0.15, 0.2) is 18.7 Å². The van der Waals surface area contributed by atoms with Crippen LogP contribution in [0.25, 0.3) is 0 Å². The molecule has 32 heavy (non-hydrogen) atoms. The predicted octanol–water partition coefficient (Wildman–Crippen LogP) is 4.84. The van der Waals surface area contributed by atoms with E-state index >= 15 is 0 Å². The quantitative estimate of drug-likeness (QED) is 0.254. The number of ketones is 2. The van der Waals surface area contributed by atoms with Crippen molar-refractivity contribution in [3.63, 3.8) is 0 Å². The van der Waals surface area contributed by atoms with Crippen LogP contribution in [0.4, 0.5) is 0 Å². The van der Waals surface area contributed by atoms with Crippen molar-refractivity contribution in [2.45, 2.75) is 5.66 Å². The van der Waals surface area contributed by atoms with Crippen LogP contribution < -0.4 is 10.6 Å². The van der Waals surface area contributed by atoms with Crippen molar-refractivity contribution < 1.29 is 19.3 Å². The minimum Gasteiger partial charge on any atom is -0.507 e. The monoisotopic (exact) mass is 440 g/mol. The van der Waals surface area contributed by atoms with Gasteiger partial charge in [-0.25, -0.2) is 0 Å². The van der Waals surface area contributed by atoms with Gasteiger partial charge in [-0.15, -0.1) is 0 Å². The van der Waals surface area contributed by atoms with Crippen molar-refractivity contribution >= 4 is 29.3 Å². The van der Waals surface area contributed by atoms with E-state index in [1.807, 2.05) is 0 Å². The molecule has 0 bridgehead atoms. The molecule has 0 saturated carbocycles. The van der Waals surface area contributed by atoms with E-state index in [9.17, 15) is 19.3 Å². The van der Waals surface area contributed by atoms with Crippen molar-refractivity contribution in [1.82, 2.24) is 0 Å². The number of phenols is 1. The Hall–Kier alpha value is -3.75. The van der Waals surface area contributed by atoms with Crippen molar-refractivity contribution in [1.29, 1.82) is 0 Å². The number of rotatable bonds is 7. The third-order valence-corrected chi connectivity index (χ3v) is 8.69. The van der Waals surface area contributed by atoms with Crippen molar-refractivity contribution in [2.75, 3.05) is 0 Å². The van der Waals surface area contributed by atoms with E-state index in [0.717, 1.165) is 0 Å². The van der Waals surface area contributed by atoms with Crippen LogP contribution in [0.2, 0.25) is 0 Å². The lowest BCUT2D eigenvalue weighted by Crippen LogP contribution is -2.38. The molecule has 0 fully saturated rings. The van der Waals surface area contributed by atoms with Crippen LogP contribution >= 0.6 is 7.14 Å². The first kappa shape index (κ1) is 21.5. The van der Waals surface area contributed by atoms with E-state index in [-0.39, 0.29) is 16.9 Å². The Morgan fingerprint density at radius 2 is 1.03 bits per heavy atom. The molecule has 5 heteroatoms. The summed E-state index contributed by atoms with van der Waals surface area (Å²) >= 11 is 0. The van der Waals surface area contributed by atoms with Crippen LogP contribution in [-0.4, -0.2) is 22.3 Å². The standard InChI is InChI=1S/C27H21O4P/c28-24-19-11-10-18-23(24)26(30)27(25(29)20-12-4-1-5-13-20)32(31,21-14-6-2-7-15-21)22-16-8-3-9-17-22/h1-19,27-28H. The lowest BCUT2D eigenvalue weighted by atomic mass is 10.0. The number of Topliss-reactive ketones (excluding diaryl/α,β-unsaturated/α-hetero) is 2. The van der Waals surface area contributed by atoms with Crippen LogP contribution in [0, 0.1) is 0 Å². The molecule has 0 aliphatic rings. The van der Waals surface area contributed by atoms with Crippen LogP contribution in [0.5, 0.6) is 5.75 Å². The average molecular weight is 440 g/mol. The Morgan fingerprint density at radius 1 is 0.594 bits per heavy atom. The molecule has 0 spiro atoms. The number of hydrogen-bond acceptors (Lipinski definition) is 4. The van der Waals surface area contributed by atoms with Crippen molar-refractivity contribution in [3.8, 4) is 5.75 Å². The smallest absolute Gasteiger partial charge is 0.185 e. The van der Waals surface area contributed by atoms with Gasteiger partial charge in [0.2, 0.25) is 0 Å². The lowest BCUT2D eigenvalue weighted by Gasteiger charge is -2.27. The highest BCUT2D eigenvalue weighted by Gasteiger charge is 2.47. The summed E-state index contributed by atoms with van der Waals surface area (Å²) in [6.07, 6.45) is 0.